The van der Waals surface area contributed by atoms with Gasteiger partial charge in [0.05, 0.1) is 0 Å². The summed E-state index contributed by atoms with van der Waals surface area (Å²) in [6.07, 6.45) is 11.8. The number of nitrogens with zero attached hydrogens (tertiary/aromatic N) is 1. The van der Waals surface area contributed by atoms with E-state index in [9.17, 15) is 4.79 Å². The van der Waals surface area contributed by atoms with E-state index in [1.54, 1.807) is 0 Å². The van der Waals surface area contributed by atoms with Crippen molar-refractivity contribution in [2.24, 2.45) is 17.8 Å². The van der Waals surface area contributed by atoms with Crippen LogP contribution < -0.4 is 0 Å². The fraction of sp³-hybridized carbons (Fsp3) is 0.800. The first-order valence-electron chi connectivity index (χ1n) is 7.12. The van der Waals surface area contributed by atoms with Crippen molar-refractivity contribution >= 4 is 5.91 Å². The lowest BCUT2D eigenvalue weighted by Crippen LogP contribution is -2.30. The SMILES string of the molecule is CC/C=C\CC[C@H]1C[C@H]1CN(C)C(=O)C1CC1. The third-order valence-corrected chi connectivity index (χ3v) is 3.99. The van der Waals surface area contributed by atoms with E-state index >= 15 is 0 Å². The first-order chi connectivity index (χ1) is 8.22. The van der Waals surface area contributed by atoms with E-state index in [4.69, 9.17) is 0 Å². The summed E-state index contributed by atoms with van der Waals surface area (Å²) < 4.78 is 0. The molecule has 0 aromatic rings. The zero-order valence-electron chi connectivity index (χ0n) is 11.2. The van der Waals surface area contributed by atoms with Gasteiger partial charge in [-0.25, -0.2) is 0 Å². The lowest BCUT2D eigenvalue weighted by molar-refractivity contribution is -0.131. The summed E-state index contributed by atoms with van der Waals surface area (Å²) in [7, 11) is 1.98. The highest BCUT2D eigenvalue weighted by Gasteiger charge is 2.39. The third kappa shape index (κ3) is 3.86. The minimum atomic E-state index is 0.379. The molecule has 2 rings (SSSR count). The van der Waals surface area contributed by atoms with Crippen LogP contribution in [0.3, 0.4) is 0 Å². The lowest BCUT2D eigenvalue weighted by Gasteiger charge is -2.16. The van der Waals surface area contributed by atoms with Crippen molar-refractivity contribution in [1.29, 1.82) is 0 Å². The van der Waals surface area contributed by atoms with Gasteiger partial charge in [0, 0.05) is 19.5 Å². The Bertz CT molecular complexity index is 293. The van der Waals surface area contributed by atoms with Crippen LogP contribution >= 0.6 is 0 Å². The van der Waals surface area contributed by atoms with E-state index in [0.717, 1.165) is 37.6 Å². The van der Waals surface area contributed by atoms with Crippen LogP contribution in [0, 0.1) is 17.8 Å². The molecule has 1 amide bonds. The molecule has 0 aromatic carbocycles. The van der Waals surface area contributed by atoms with Crippen LogP contribution in [-0.4, -0.2) is 24.4 Å². The summed E-state index contributed by atoms with van der Waals surface area (Å²) >= 11 is 0. The molecule has 2 aliphatic rings. The van der Waals surface area contributed by atoms with Gasteiger partial charge in [-0.3, -0.25) is 4.79 Å². The van der Waals surface area contributed by atoms with Crippen molar-refractivity contribution in [1.82, 2.24) is 4.90 Å². The van der Waals surface area contributed by atoms with Gasteiger partial charge >= 0.3 is 0 Å². The predicted molar refractivity (Wildman–Crippen MR) is 70.6 cm³/mol. The van der Waals surface area contributed by atoms with Crippen molar-refractivity contribution < 1.29 is 4.79 Å². The quantitative estimate of drug-likeness (QED) is 0.620. The molecule has 0 saturated heterocycles. The summed E-state index contributed by atoms with van der Waals surface area (Å²) in [5.41, 5.74) is 0. The van der Waals surface area contributed by atoms with Gasteiger partial charge in [-0.2, -0.15) is 0 Å². The number of carbonyl (C=O) groups is 1. The molecule has 17 heavy (non-hydrogen) atoms. The number of allylic oxidation sites excluding steroid dienone is 2. The minimum Gasteiger partial charge on any atom is -0.345 e. The highest BCUT2D eigenvalue weighted by atomic mass is 16.2. The van der Waals surface area contributed by atoms with E-state index < -0.39 is 0 Å². The summed E-state index contributed by atoms with van der Waals surface area (Å²) in [5, 5.41) is 0. The van der Waals surface area contributed by atoms with Gasteiger partial charge in [0.1, 0.15) is 0 Å². The molecule has 0 heterocycles. The van der Waals surface area contributed by atoms with Gasteiger partial charge < -0.3 is 4.90 Å². The molecule has 0 unspecified atom stereocenters. The molecule has 0 N–H and O–H groups in total. The number of hydrogen-bond acceptors (Lipinski definition) is 1. The van der Waals surface area contributed by atoms with Crippen molar-refractivity contribution in [2.75, 3.05) is 13.6 Å². The molecule has 0 spiro atoms. The second-order valence-electron chi connectivity index (χ2n) is 5.71. The van der Waals surface area contributed by atoms with Crippen LogP contribution in [0.4, 0.5) is 0 Å². The fourth-order valence-electron chi connectivity index (χ4n) is 2.57. The van der Waals surface area contributed by atoms with Gasteiger partial charge in [-0.05, 0) is 50.4 Å². The molecule has 2 saturated carbocycles. The summed E-state index contributed by atoms with van der Waals surface area (Å²) in [6.45, 7) is 3.17. The molecule has 0 aromatic heterocycles. The molecule has 2 nitrogen and oxygen atoms in total. The number of amides is 1. The first-order valence-corrected chi connectivity index (χ1v) is 7.12. The monoisotopic (exact) mass is 235 g/mol. The van der Waals surface area contributed by atoms with Gasteiger partial charge in [0.2, 0.25) is 5.91 Å². The Morgan fingerprint density at radius 3 is 2.71 bits per heavy atom. The summed E-state index contributed by atoms with van der Waals surface area (Å²) in [6, 6.07) is 0. The van der Waals surface area contributed by atoms with Gasteiger partial charge in [-0.1, -0.05) is 19.1 Å². The van der Waals surface area contributed by atoms with Gasteiger partial charge in [-0.15, -0.1) is 0 Å². The standard InChI is InChI=1S/C15H25NO/c1-3-4-5-6-7-13-10-14(13)11-16(2)15(17)12-8-9-12/h4-5,12-14H,3,6-11H2,1-2H3/b5-4-/t13-,14-/m0/s1. The van der Waals surface area contributed by atoms with E-state index in [1.165, 1.54) is 19.3 Å². The zero-order valence-corrected chi connectivity index (χ0v) is 11.2. The van der Waals surface area contributed by atoms with Gasteiger partial charge in [0.25, 0.3) is 0 Å². The molecular formula is C15H25NO. The summed E-state index contributed by atoms with van der Waals surface area (Å²) in [5.74, 6) is 2.44. The Balaban J connectivity index is 1.59. The molecule has 2 fully saturated rings. The topological polar surface area (TPSA) is 20.3 Å². The average Bonchev–Trinajstić information content (AvgIpc) is 3.19. The summed E-state index contributed by atoms with van der Waals surface area (Å²) in [4.78, 5) is 13.8. The Hall–Kier alpha value is -0.790. The molecule has 0 radical (unpaired) electrons. The Kier molecular flexibility index (Phi) is 4.25. The van der Waals surface area contributed by atoms with Crippen molar-refractivity contribution in [3.8, 4) is 0 Å². The lowest BCUT2D eigenvalue weighted by atomic mass is 10.1. The van der Waals surface area contributed by atoms with E-state index in [-0.39, 0.29) is 0 Å². The largest absolute Gasteiger partial charge is 0.345 e. The third-order valence-electron chi connectivity index (χ3n) is 3.99. The Morgan fingerprint density at radius 1 is 1.29 bits per heavy atom. The van der Waals surface area contributed by atoms with Crippen LogP contribution in [0.1, 0.15) is 45.4 Å². The molecule has 2 aliphatic carbocycles. The Labute approximate surface area is 105 Å². The second kappa shape index (κ2) is 5.70. The average molecular weight is 235 g/mol. The first kappa shape index (κ1) is 12.7. The normalized spacial score (nSPS) is 27.4. The molecule has 2 atom stereocenters. The molecule has 0 aliphatic heterocycles. The fourth-order valence-corrected chi connectivity index (χ4v) is 2.57. The molecular weight excluding hydrogens is 210 g/mol. The van der Waals surface area contributed by atoms with Crippen LogP contribution in [-0.2, 0) is 4.79 Å². The van der Waals surface area contributed by atoms with Crippen LogP contribution in [0.2, 0.25) is 0 Å². The van der Waals surface area contributed by atoms with E-state index in [2.05, 4.69) is 19.1 Å². The smallest absolute Gasteiger partial charge is 0.225 e. The number of hydrogen-bond donors (Lipinski definition) is 0. The maximum atomic E-state index is 11.8. The van der Waals surface area contributed by atoms with E-state index in [1.807, 2.05) is 11.9 Å². The number of rotatable bonds is 7. The van der Waals surface area contributed by atoms with Crippen LogP contribution in [0.15, 0.2) is 12.2 Å². The zero-order chi connectivity index (χ0) is 12.3. The van der Waals surface area contributed by atoms with E-state index in [0.29, 0.717) is 11.8 Å². The number of carbonyl (C=O) groups excluding carboxylic acids is 1. The minimum absolute atomic E-state index is 0.379. The van der Waals surface area contributed by atoms with Crippen LogP contribution in [0.25, 0.3) is 0 Å². The van der Waals surface area contributed by atoms with Crippen molar-refractivity contribution in [3.05, 3.63) is 12.2 Å². The molecule has 0 bridgehead atoms. The molecule has 96 valence electrons. The van der Waals surface area contributed by atoms with Crippen molar-refractivity contribution in [2.45, 2.75) is 45.4 Å². The maximum Gasteiger partial charge on any atom is 0.225 e. The predicted octanol–water partition coefficient (Wildman–Crippen LogP) is 3.24. The van der Waals surface area contributed by atoms with Crippen LogP contribution in [0.5, 0.6) is 0 Å². The highest BCUT2D eigenvalue weighted by molar-refractivity contribution is 5.80. The maximum absolute atomic E-state index is 11.8. The highest BCUT2D eigenvalue weighted by Crippen LogP contribution is 2.43. The van der Waals surface area contributed by atoms with Gasteiger partial charge in [0.15, 0.2) is 0 Å². The second-order valence-corrected chi connectivity index (χ2v) is 5.71. The Morgan fingerprint density at radius 2 is 2.06 bits per heavy atom. The molecule has 2 heteroatoms. The van der Waals surface area contributed by atoms with Crippen molar-refractivity contribution in [3.63, 3.8) is 0 Å².